The molecule has 0 aliphatic rings. The number of nitrogen functional groups attached to an aromatic ring is 1. The van der Waals surface area contributed by atoms with E-state index in [1.165, 1.54) is 5.56 Å². The summed E-state index contributed by atoms with van der Waals surface area (Å²) in [4.78, 5) is 4.49. The van der Waals surface area contributed by atoms with Gasteiger partial charge in [0, 0.05) is 22.8 Å². The molecule has 2 nitrogen and oxygen atoms in total. The number of hydrogen-bond acceptors (Lipinski definition) is 2. The Bertz CT molecular complexity index is 712. The number of anilines is 1. The van der Waals surface area contributed by atoms with Crippen molar-refractivity contribution in [2.75, 3.05) is 5.73 Å². The summed E-state index contributed by atoms with van der Waals surface area (Å²) in [6.45, 7) is 2.09. The molecular formula is C16H14N2. The second-order valence-electron chi connectivity index (χ2n) is 4.46. The van der Waals surface area contributed by atoms with Crippen LogP contribution in [0.1, 0.15) is 5.56 Å². The monoisotopic (exact) mass is 234 g/mol. The summed E-state index contributed by atoms with van der Waals surface area (Å²) in [5, 5.41) is 1.15. The summed E-state index contributed by atoms with van der Waals surface area (Å²) < 4.78 is 0. The Labute approximate surface area is 106 Å². The lowest BCUT2D eigenvalue weighted by Crippen LogP contribution is -1.90. The number of nitrogens with zero attached hydrogens (tertiary/aromatic N) is 1. The summed E-state index contributed by atoms with van der Waals surface area (Å²) in [5.41, 5.74) is 11.2. The van der Waals surface area contributed by atoms with Crippen LogP contribution in [0.25, 0.3) is 22.0 Å². The summed E-state index contributed by atoms with van der Waals surface area (Å²) in [6, 6.07) is 16.3. The minimum absolute atomic E-state index is 0.781. The molecule has 3 rings (SSSR count). The third kappa shape index (κ3) is 1.72. The largest absolute Gasteiger partial charge is 0.399 e. The number of aromatic nitrogens is 1. The molecule has 3 aromatic rings. The lowest BCUT2D eigenvalue weighted by atomic mass is 9.97. The number of nitrogens with two attached hydrogens (primary N) is 1. The fourth-order valence-corrected chi connectivity index (χ4v) is 2.25. The maximum Gasteiger partial charge on any atom is 0.0780 e. The fraction of sp³-hybridized carbons (Fsp3) is 0.0625. The van der Waals surface area contributed by atoms with E-state index in [0.717, 1.165) is 27.7 Å². The average molecular weight is 234 g/mol. The number of pyridine rings is 1. The van der Waals surface area contributed by atoms with Crippen LogP contribution < -0.4 is 5.73 Å². The molecule has 0 unspecified atom stereocenters. The highest BCUT2D eigenvalue weighted by Crippen LogP contribution is 2.30. The SMILES string of the molecule is Cc1ccc(N)cc1-c1cccc2cccnc12. The third-order valence-electron chi connectivity index (χ3n) is 3.18. The quantitative estimate of drug-likeness (QED) is 0.650. The zero-order valence-electron chi connectivity index (χ0n) is 10.2. The first kappa shape index (κ1) is 10.8. The highest BCUT2D eigenvalue weighted by Gasteiger charge is 2.07. The molecule has 0 spiro atoms. The maximum absolute atomic E-state index is 5.89. The maximum atomic E-state index is 5.89. The molecule has 18 heavy (non-hydrogen) atoms. The second kappa shape index (κ2) is 4.15. The summed E-state index contributed by atoms with van der Waals surface area (Å²) in [6.07, 6.45) is 1.83. The molecule has 0 amide bonds. The van der Waals surface area contributed by atoms with Crippen LogP contribution in [0.5, 0.6) is 0 Å². The topological polar surface area (TPSA) is 38.9 Å². The van der Waals surface area contributed by atoms with Gasteiger partial charge in [0.25, 0.3) is 0 Å². The predicted molar refractivity (Wildman–Crippen MR) is 76.3 cm³/mol. The van der Waals surface area contributed by atoms with Gasteiger partial charge in [0.05, 0.1) is 5.52 Å². The molecule has 1 heterocycles. The van der Waals surface area contributed by atoms with Crippen LogP contribution in [0.2, 0.25) is 0 Å². The van der Waals surface area contributed by atoms with E-state index in [9.17, 15) is 0 Å². The molecule has 0 bridgehead atoms. The summed E-state index contributed by atoms with van der Waals surface area (Å²) in [7, 11) is 0. The van der Waals surface area contributed by atoms with Gasteiger partial charge in [-0.05, 0) is 36.2 Å². The Morgan fingerprint density at radius 1 is 0.944 bits per heavy atom. The molecule has 2 N–H and O–H groups in total. The molecule has 0 aliphatic heterocycles. The van der Waals surface area contributed by atoms with Crippen molar-refractivity contribution in [3.63, 3.8) is 0 Å². The summed E-state index contributed by atoms with van der Waals surface area (Å²) >= 11 is 0. The van der Waals surface area contributed by atoms with E-state index in [0.29, 0.717) is 0 Å². The van der Waals surface area contributed by atoms with Gasteiger partial charge >= 0.3 is 0 Å². The number of aryl methyl sites for hydroxylation is 1. The van der Waals surface area contributed by atoms with Gasteiger partial charge in [-0.25, -0.2) is 0 Å². The molecule has 0 atom stereocenters. The first-order valence-electron chi connectivity index (χ1n) is 5.96. The molecule has 0 saturated heterocycles. The first-order valence-corrected chi connectivity index (χ1v) is 5.96. The Hall–Kier alpha value is -2.35. The van der Waals surface area contributed by atoms with E-state index < -0.39 is 0 Å². The minimum Gasteiger partial charge on any atom is -0.399 e. The van der Waals surface area contributed by atoms with Crippen molar-refractivity contribution >= 4 is 16.6 Å². The highest BCUT2D eigenvalue weighted by atomic mass is 14.6. The number of rotatable bonds is 1. The van der Waals surface area contributed by atoms with Crippen molar-refractivity contribution in [3.8, 4) is 11.1 Å². The van der Waals surface area contributed by atoms with Gasteiger partial charge in [-0.15, -0.1) is 0 Å². The molecule has 0 radical (unpaired) electrons. The van der Waals surface area contributed by atoms with Crippen LogP contribution in [-0.2, 0) is 0 Å². The van der Waals surface area contributed by atoms with Crippen LogP contribution in [0.15, 0.2) is 54.7 Å². The minimum atomic E-state index is 0.781. The number of hydrogen-bond donors (Lipinski definition) is 1. The van der Waals surface area contributed by atoms with Gasteiger partial charge in [-0.1, -0.05) is 30.3 Å². The van der Waals surface area contributed by atoms with Gasteiger partial charge in [0.1, 0.15) is 0 Å². The molecule has 88 valence electrons. The summed E-state index contributed by atoms with van der Waals surface area (Å²) in [5.74, 6) is 0. The number of para-hydroxylation sites is 1. The predicted octanol–water partition coefficient (Wildman–Crippen LogP) is 3.79. The highest BCUT2D eigenvalue weighted by molar-refractivity contribution is 5.94. The Morgan fingerprint density at radius 2 is 1.78 bits per heavy atom. The van der Waals surface area contributed by atoms with Crippen molar-refractivity contribution in [2.45, 2.75) is 6.92 Å². The molecule has 0 saturated carbocycles. The molecule has 2 aromatic carbocycles. The molecule has 0 fully saturated rings. The van der Waals surface area contributed by atoms with Crippen molar-refractivity contribution in [2.24, 2.45) is 0 Å². The van der Waals surface area contributed by atoms with E-state index in [4.69, 9.17) is 5.73 Å². The zero-order chi connectivity index (χ0) is 12.5. The Morgan fingerprint density at radius 3 is 2.67 bits per heavy atom. The van der Waals surface area contributed by atoms with Crippen LogP contribution in [-0.4, -0.2) is 4.98 Å². The van der Waals surface area contributed by atoms with Gasteiger partial charge in [-0.3, -0.25) is 4.98 Å². The lowest BCUT2D eigenvalue weighted by molar-refractivity contribution is 1.40. The van der Waals surface area contributed by atoms with E-state index in [1.54, 1.807) is 0 Å². The van der Waals surface area contributed by atoms with Crippen LogP contribution in [0.4, 0.5) is 5.69 Å². The normalized spacial score (nSPS) is 10.7. The van der Waals surface area contributed by atoms with Gasteiger partial charge in [0.15, 0.2) is 0 Å². The van der Waals surface area contributed by atoms with Gasteiger partial charge in [0.2, 0.25) is 0 Å². The van der Waals surface area contributed by atoms with Crippen LogP contribution in [0, 0.1) is 6.92 Å². The van der Waals surface area contributed by atoms with Crippen molar-refractivity contribution in [1.29, 1.82) is 0 Å². The standard InChI is InChI=1S/C16H14N2/c1-11-7-8-13(17)10-15(11)14-6-2-4-12-5-3-9-18-16(12)14/h2-10H,17H2,1H3. The first-order chi connectivity index (χ1) is 8.75. The Kier molecular flexibility index (Phi) is 2.49. The number of benzene rings is 2. The molecule has 2 heteroatoms. The van der Waals surface area contributed by atoms with Crippen molar-refractivity contribution < 1.29 is 0 Å². The average Bonchev–Trinajstić information content (AvgIpc) is 2.41. The third-order valence-corrected chi connectivity index (χ3v) is 3.18. The zero-order valence-corrected chi connectivity index (χ0v) is 10.2. The van der Waals surface area contributed by atoms with E-state index >= 15 is 0 Å². The van der Waals surface area contributed by atoms with E-state index in [2.05, 4.69) is 36.2 Å². The van der Waals surface area contributed by atoms with Crippen molar-refractivity contribution in [1.82, 2.24) is 4.98 Å². The van der Waals surface area contributed by atoms with E-state index in [1.807, 2.05) is 30.5 Å². The fourth-order valence-electron chi connectivity index (χ4n) is 2.25. The van der Waals surface area contributed by atoms with E-state index in [-0.39, 0.29) is 0 Å². The van der Waals surface area contributed by atoms with Crippen LogP contribution >= 0.6 is 0 Å². The number of fused-ring (bicyclic) bond motifs is 1. The van der Waals surface area contributed by atoms with Crippen LogP contribution in [0.3, 0.4) is 0 Å². The molecule has 1 aromatic heterocycles. The second-order valence-corrected chi connectivity index (χ2v) is 4.46. The smallest absolute Gasteiger partial charge is 0.0780 e. The van der Waals surface area contributed by atoms with Gasteiger partial charge < -0.3 is 5.73 Å². The van der Waals surface area contributed by atoms with Gasteiger partial charge in [-0.2, -0.15) is 0 Å². The Balaban J connectivity index is 2.35. The van der Waals surface area contributed by atoms with Crippen molar-refractivity contribution in [3.05, 3.63) is 60.3 Å². The molecular weight excluding hydrogens is 220 g/mol. The lowest BCUT2D eigenvalue weighted by Gasteiger charge is -2.09. The molecule has 0 aliphatic carbocycles.